The lowest BCUT2D eigenvalue weighted by molar-refractivity contribution is -0.167. The first kappa shape index (κ1) is 18.9. The molecule has 1 aromatic carbocycles. The van der Waals surface area contributed by atoms with Gasteiger partial charge in [0.05, 0.1) is 12.5 Å². The molecule has 2 atom stereocenters. The van der Waals surface area contributed by atoms with Crippen LogP contribution in [-0.4, -0.2) is 64.8 Å². The summed E-state index contributed by atoms with van der Waals surface area (Å²) >= 11 is 0. The van der Waals surface area contributed by atoms with Crippen LogP contribution in [0.2, 0.25) is 0 Å². The summed E-state index contributed by atoms with van der Waals surface area (Å²) in [4.78, 5) is 29.2. The summed E-state index contributed by atoms with van der Waals surface area (Å²) in [5.74, 6) is -1.47. The van der Waals surface area contributed by atoms with Crippen molar-refractivity contribution < 1.29 is 19.4 Å². The number of nitrogens with zero attached hydrogens (tertiary/aromatic N) is 2. The number of amides is 1. The molecule has 0 aromatic heterocycles. The number of ether oxygens (including phenoxy) is 1. The predicted molar refractivity (Wildman–Crippen MR) is 97.8 cm³/mol. The highest BCUT2D eigenvalue weighted by Crippen LogP contribution is 2.40. The third kappa shape index (κ3) is 3.35. The van der Waals surface area contributed by atoms with E-state index in [1.165, 1.54) is 0 Å². The zero-order valence-corrected chi connectivity index (χ0v) is 15.6. The Balaban J connectivity index is 1.91. The molecule has 0 aliphatic carbocycles. The number of aliphatic carboxylic acids is 1. The lowest BCUT2D eigenvalue weighted by Crippen LogP contribution is -2.59. The number of hydrogen-bond donors (Lipinski definition) is 1. The molecule has 0 bridgehead atoms. The number of likely N-dealkylation sites (tertiary alicyclic amines) is 1. The highest BCUT2D eigenvalue weighted by molar-refractivity contribution is 5.89. The molecule has 2 fully saturated rings. The van der Waals surface area contributed by atoms with Gasteiger partial charge in [-0.25, -0.2) is 4.79 Å². The van der Waals surface area contributed by atoms with E-state index in [2.05, 4.69) is 11.8 Å². The van der Waals surface area contributed by atoms with E-state index in [4.69, 9.17) is 4.74 Å². The summed E-state index contributed by atoms with van der Waals surface area (Å²) in [5.41, 5.74) is 0.144. The van der Waals surface area contributed by atoms with Crippen LogP contribution in [0.1, 0.15) is 44.6 Å². The molecule has 0 saturated carbocycles. The number of rotatable bonds is 5. The molecule has 2 saturated heterocycles. The van der Waals surface area contributed by atoms with Crippen molar-refractivity contribution >= 4 is 11.9 Å². The summed E-state index contributed by atoms with van der Waals surface area (Å²) in [6.45, 7) is 6.73. The predicted octanol–water partition coefficient (Wildman–Crippen LogP) is 2.30. The normalized spacial score (nSPS) is 23.9. The molecule has 1 N–H and O–H groups in total. The van der Waals surface area contributed by atoms with Crippen molar-refractivity contribution in [2.45, 2.75) is 50.8 Å². The van der Waals surface area contributed by atoms with Gasteiger partial charge in [0.25, 0.3) is 0 Å². The number of carbonyl (C=O) groups excluding carboxylic acids is 1. The second kappa shape index (κ2) is 7.76. The van der Waals surface area contributed by atoms with E-state index >= 15 is 0 Å². The van der Waals surface area contributed by atoms with Gasteiger partial charge in [0.1, 0.15) is 5.72 Å². The maximum Gasteiger partial charge on any atom is 0.328 e. The largest absolute Gasteiger partial charge is 0.480 e. The summed E-state index contributed by atoms with van der Waals surface area (Å²) in [7, 11) is 0. The average Bonchev–Trinajstić information content (AvgIpc) is 3.03. The van der Waals surface area contributed by atoms with Gasteiger partial charge in [0.15, 0.2) is 6.04 Å². The Bertz CT molecular complexity index is 640. The fourth-order valence-corrected chi connectivity index (χ4v) is 4.21. The van der Waals surface area contributed by atoms with Crippen LogP contribution in [-0.2, 0) is 14.3 Å². The second-order valence-corrected chi connectivity index (χ2v) is 7.13. The van der Waals surface area contributed by atoms with Gasteiger partial charge in [0, 0.05) is 25.9 Å². The van der Waals surface area contributed by atoms with E-state index in [0.717, 1.165) is 25.2 Å². The fourth-order valence-electron chi connectivity index (χ4n) is 4.21. The van der Waals surface area contributed by atoms with E-state index < -0.39 is 17.7 Å². The number of hydrogen-bond acceptors (Lipinski definition) is 4. The van der Waals surface area contributed by atoms with Crippen molar-refractivity contribution in [1.82, 2.24) is 9.80 Å². The first-order chi connectivity index (χ1) is 12.5. The minimum Gasteiger partial charge on any atom is -0.480 e. The maximum atomic E-state index is 13.5. The SMILES string of the molecule is CC[C@@H](C(=O)N1[C@@H](C(=O)O)COC12CCN(CC)CC2)c1ccccc1. The van der Waals surface area contributed by atoms with Crippen LogP contribution in [0.25, 0.3) is 0 Å². The summed E-state index contributed by atoms with van der Waals surface area (Å²) in [6, 6.07) is 8.71. The van der Waals surface area contributed by atoms with Crippen molar-refractivity contribution in [3.8, 4) is 0 Å². The molecule has 6 nitrogen and oxygen atoms in total. The van der Waals surface area contributed by atoms with Gasteiger partial charge < -0.3 is 14.7 Å². The summed E-state index contributed by atoms with van der Waals surface area (Å²) in [6.07, 6.45) is 1.94. The van der Waals surface area contributed by atoms with Crippen LogP contribution >= 0.6 is 0 Å². The molecule has 1 aromatic rings. The average molecular weight is 360 g/mol. The smallest absolute Gasteiger partial charge is 0.328 e. The fraction of sp³-hybridized carbons (Fsp3) is 0.600. The zero-order valence-electron chi connectivity index (χ0n) is 15.6. The molecule has 2 aliphatic rings. The van der Waals surface area contributed by atoms with Gasteiger partial charge in [0.2, 0.25) is 5.91 Å². The summed E-state index contributed by atoms with van der Waals surface area (Å²) < 4.78 is 6.01. The minimum atomic E-state index is -0.990. The number of benzene rings is 1. The van der Waals surface area contributed by atoms with Crippen LogP contribution in [0.15, 0.2) is 30.3 Å². The Labute approximate surface area is 154 Å². The zero-order chi connectivity index (χ0) is 18.7. The minimum absolute atomic E-state index is 0.0679. The standard InChI is InChI=1S/C20H28N2O4/c1-3-16(15-8-6-5-7-9-15)18(23)22-17(19(24)25)14-26-20(22)10-12-21(4-2)13-11-20/h5-9,16-17H,3-4,10-14H2,1-2H3,(H,24,25)/t16-,17-/m1/s1. The van der Waals surface area contributed by atoms with Crippen molar-refractivity contribution in [1.29, 1.82) is 0 Å². The Hall–Kier alpha value is -1.92. The molecule has 1 spiro atoms. The number of carbonyl (C=O) groups is 2. The third-order valence-corrected chi connectivity index (χ3v) is 5.78. The van der Waals surface area contributed by atoms with Gasteiger partial charge in [-0.2, -0.15) is 0 Å². The van der Waals surface area contributed by atoms with Gasteiger partial charge >= 0.3 is 5.97 Å². The van der Waals surface area contributed by atoms with E-state index in [9.17, 15) is 14.7 Å². The monoisotopic (exact) mass is 360 g/mol. The second-order valence-electron chi connectivity index (χ2n) is 7.13. The van der Waals surface area contributed by atoms with Gasteiger partial charge in [-0.05, 0) is 18.5 Å². The molecule has 0 unspecified atom stereocenters. The van der Waals surface area contributed by atoms with E-state index in [-0.39, 0.29) is 18.4 Å². The highest BCUT2D eigenvalue weighted by Gasteiger charge is 2.54. The van der Waals surface area contributed by atoms with Crippen LogP contribution in [0.5, 0.6) is 0 Å². The van der Waals surface area contributed by atoms with Gasteiger partial charge in [-0.15, -0.1) is 0 Å². The molecular weight excluding hydrogens is 332 g/mol. The Morgan fingerprint density at radius 3 is 2.42 bits per heavy atom. The maximum absolute atomic E-state index is 13.5. The lowest BCUT2D eigenvalue weighted by Gasteiger charge is -2.45. The quantitative estimate of drug-likeness (QED) is 0.873. The van der Waals surface area contributed by atoms with Crippen molar-refractivity contribution in [3.05, 3.63) is 35.9 Å². The molecule has 142 valence electrons. The van der Waals surface area contributed by atoms with Crippen LogP contribution in [0.4, 0.5) is 0 Å². The highest BCUT2D eigenvalue weighted by atomic mass is 16.5. The molecule has 6 heteroatoms. The Kier molecular flexibility index (Phi) is 5.63. The molecule has 2 aliphatic heterocycles. The Morgan fingerprint density at radius 1 is 1.23 bits per heavy atom. The first-order valence-corrected chi connectivity index (χ1v) is 9.49. The number of carboxylic acid groups (broad SMARTS) is 1. The van der Waals surface area contributed by atoms with E-state index in [0.29, 0.717) is 19.3 Å². The molecular formula is C20H28N2O4. The van der Waals surface area contributed by atoms with Crippen LogP contribution in [0.3, 0.4) is 0 Å². The lowest BCUT2D eigenvalue weighted by atomic mass is 9.91. The van der Waals surface area contributed by atoms with Crippen LogP contribution < -0.4 is 0 Å². The van der Waals surface area contributed by atoms with Crippen molar-refractivity contribution in [2.75, 3.05) is 26.2 Å². The number of carboxylic acids is 1. The molecule has 2 heterocycles. The van der Waals surface area contributed by atoms with E-state index in [1.807, 2.05) is 37.3 Å². The Morgan fingerprint density at radius 2 is 1.88 bits per heavy atom. The molecule has 1 amide bonds. The molecule has 3 rings (SSSR count). The van der Waals surface area contributed by atoms with Crippen molar-refractivity contribution in [3.63, 3.8) is 0 Å². The third-order valence-electron chi connectivity index (χ3n) is 5.78. The van der Waals surface area contributed by atoms with Gasteiger partial charge in [-0.3, -0.25) is 9.69 Å². The molecule has 0 radical (unpaired) electrons. The van der Waals surface area contributed by atoms with Crippen molar-refractivity contribution in [2.24, 2.45) is 0 Å². The van der Waals surface area contributed by atoms with Gasteiger partial charge in [-0.1, -0.05) is 44.2 Å². The first-order valence-electron chi connectivity index (χ1n) is 9.49. The van der Waals surface area contributed by atoms with Crippen LogP contribution in [0, 0.1) is 0 Å². The number of piperidine rings is 1. The molecule has 26 heavy (non-hydrogen) atoms. The summed E-state index contributed by atoms with van der Waals surface area (Å²) in [5, 5.41) is 9.69. The van der Waals surface area contributed by atoms with E-state index in [1.54, 1.807) is 4.90 Å². The topological polar surface area (TPSA) is 70.1 Å².